The number of carboxylic acids is 1. The first-order valence-electron chi connectivity index (χ1n) is 23.1. The van der Waals surface area contributed by atoms with Crippen LogP contribution in [-0.4, -0.2) is 161 Å². The van der Waals surface area contributed by atoms with E-state index in [4.69, 9.17) is 22.9 Å². The van der Waals surface area contributed by atoms with Crippen LogP contribution in [0.15, 0.2) is 29.3 Å². The molecular weight excluding hydrogens is 979 g/mol. The van der Waals surface area contributed by atoms with Gasteiger partial charge in [-0.3, -0.25) is 62.5 Å². The highest BCUT2D eigenvalue weighted by Crippen LogP contribution is 2.12. The van der Waals surface area contributed by atoms with E-state index in [0.717, 1.165) is 0 Å². The third kappa shape index (κ3) is 26.6. The second kappa shape index (κ2) is 32.4. The average molecular weight is 1050 g/mol. The minimum absolute atomic E-state index is 0.0198. The van der Waals surface area contributed by atoms with Gasteiger partial charge in [-0.25, -0.2) is 4.79 Å². The summed E-state index contributed by atoms with van der Waals surface area (Å²) in [4.78, 5) is 168. The fraction of sp³-hybridized carbons (Fsp3) is 0.545. The van der Waals surface area contributed by atoms with E-state index in [1.54, 1.807) is 13.8 Å². The van der Waals surface area contributed by atoms with Crippen LogP contribution in [-0.2, 0) is 68.7 Å². The van der Waals surface area contributed by atoms with Gasteiger partial charge < -0.3 is 86.3 Å². The Morgan fingerprint density at radius 2 is 1.04 bits per heavy atom. The van der Waals surface area contributed by atoms with Crippen molar-refractivity contribution in [3.8, 4) is 5.75 Å². The molecule has 0 aliphatic rings. The number of nitrogens with two attached hydrogens (primary N) is 4. The van der Waals surface area contributed by atoms with E-state index < -0.39 is 145 Å². The molecule has 1 rings (SSSR count). The molecule has 12 amide bonds. The molecule has 30 heteroatoms. The van der Waals surface area contributed by atoms with Crippen molar-refractivity contribution in [3.05, 3.63) is 29.8 Å². The molecule has 20 N–H and O–H groups in total. The average Bonchev–Trinajstić information content (AvgIpc) is 3.30. The number of aliphatic carboxylic acids is 1. The molecule has 0 bridgehead atoms. The Labute approximate surface area is 425 Å². The Bertz CT molecular complexity index is 2220. The monoisotopic (exact) mass is 1050 g/mol. The number of guanidine groups is 1. The van der Waals surface area contributed by atoms with Crippen LogP contribution >= 0.6 is 0 Å². The summed E-state index contributed by atoms with van der Waals surface area (Å²) in [5.74, 6) is -12.5. The smallest absolute Gasteiger partial charge is 0.326 e. The van der Waals surface area contributed by atoms with Gasteiger partial charge >= 0.3 is 5.97 Å². The van der Waals surface area contributed by atoms with Crippen LogP contribution < -0.4 is 76.1 Å². The van der Waals surface area contributed by atoms with Gasteiger partial charge in [0.2, 0.25) is 70.9 Å². The number of benzene rings is 1. The summed E-state index contributed by atoms with van der Waals surface area (Å²) in [5.41, 5.74) is 21.7. The van der Waals surface area contributed by atoms with Crippen LogP contribution in [0.4, 0.5) is 0 Å². The van der Waals surface area contributed by atoms with Gasteiger partial charge in [-0.1, -0.05) is 26.0 Å². The summed E-state index contributed by atoms with van der Waals surface area (Å²) < 4.78 is 0. The first-order chi connectivity index (χ1) is 34.6. The molecule has 0 aliphatic heterocycles. The van der Waals surface area contributed by atoms with Crippen molar-refractivity contribution in [1.82, 2.24) is 53.2 Å². The quantitative estimate of drug-likeness (QED) is 0.0177. The van der Waals surface area contributed by atoms with E-state index in [0.29, 0.717) is 5.56 Å². The number of rotatable bonds is 33. The van der Waals surface area contributed by atoms with Crippen molar-refractivity contribution >= 4 is 82.8 Å². The molecule has 1 aromatic carbocycles. The molecule has 410 valence electrons. The molecule has 0 radical (unpaired) electrons. The van der Waals surface area contributed by atoms with Gasteiger partial charge in [0.25, 0.3) is 0 Å². The predicted octanol–water partition coefficient (Wildman–Crippen LogP) is -6.94. The lowest BCUT2D eigenvalue weighted by Crippen LogP contribution is -2.58. The van der Waals surface area contributed by atoms with Crippen LogP contribution in [0.2, 0.25) is 0 Å². The zero-order chi connectivity index (χ0) is 56.2. The maximum atomic E-state index is 13.6. The molecule has 0 unspecified atom stereocenters. The van der Waals surface area contributed by atoms with E-state index >= 15 is 0 Å². The number of carbonyl (C=O) groups excluding carboxylic acids is 12. The largest absolute Gasteiger partial charge is 0.508 e. The van der Waals surface area contributed by atoms with E-state index in [1.807, 2.05) is 0 Å². The first-order valence-corrected chi connectivity index (χ1v) is 23.1. The Morgan fingerprint density at radius 3 is 1.58 bits per heavy atom. The molecule has 7 atom stereocenters. The lowest BCUT2D eigenvalue weighted by atomic mass is 10.0. The second-order valence-electron chi connectivity index (χ2n) is 17.3. The van der Waals surface area contributed by atoms with Crippen molar-refractivity contribution in [2.45, 2.75) is 122 Å². The highest BCUT2D eigenvalue weighted by atomic mass is 16.4. The molecule has 1 aromatic rings. The summed E-state index contributed by atoms with van der Waals surface area (Å²) in [6, 6.07) is -4.13. The highest BCUT2D eigenvalue weighted by molar-refractivity contribution is 5.98. The Morgan fingerprint density at radius 1 is 0.541 bits per heavy atom. The van der Waals surface area contributed by atoms with Crippen molar-refractivity contribution in [3.63, 3.8) is 0 Å². The standard InChI is InChI=1S/C44H69N15O15/c1-21(2)15-29(40(70)54-23(4)38(68)58-28(43(73)74)12-13-32(45)62)59-42(72)31(17-33(46)63)56-36(66)20-51-37(67)22(3)53-34(64)19-52-39(69)27(7-6-14-49-44(47)48)57-41(71)30(55-35(65)18-50-24(5)60)16-25-8-10-26(61)11-9-25/h8-11,21-23,27-31,61H,6-7,12-20H2,1-5H3,(H2,45,62)(H2,46,63)(H,50,60)(H,51,67)(H,52,69)(H,53,64)(H,54,70)(H,55,65)(H,56,66)(H,57,71)(H,58,68)(H,59,72)(H,73,74)(H4,47,48,49)/t22-,23-,27-,28-,29-,30-,31-/m0/s1. The molecule has 0 saturated carbocycles. The van der Waals surface area contributed by atoms with Gasteiger partial charge in [0.1, 0.15) is 48.0 Å². The number of hydrogen-bond acceptors (Lipinski definition) is 15. The summed E-state index contributed by atoms with van der Waals surface area (Å²) in [6.45, 7) is 5.10. The summed E-state index contributed by atoms with van der Waals surface area (Å²) in [5, 5.41) is 42.5. The van der Waals surface area contributed by atoms with Crippen LogP contribution in [0, 0.1) is 5.92 Å². The number of nitrogens with zero attached hydrogens (tertiary/aromatic N) is 1. The molecule has 0 fully saturated rings. The molecular formula is C44H69N15O15. The molecule has 74 heavy (non-hydrogen) atoms. The molecule has 0 heterocycles. The number of nitrogens with one attached hydrogen (secondary N) is 10. The highest BCUT2D eigenvalue weighted by Gasteiger charge is 2.32. The van der Waals surface area contributed by atoms with Crippen molar-refractivity contribution < 1.29 is 72.5 Å². The van der Waals surface area contributed by atoms with Crippen molar-refractivity contribution in [2.75, 3.05) is 26.2 Å². The fourth-order valence-electron chi connectivity index (χ4n) is 6.39. The Balaban J connectivity index is 2.98. The number of phenols is 1. The number of aromatic hydroxyl groups is 1. The number of primary amides is 2. The summed E-state index contributed by atoms with van der Waals surface area (Å²) in [6.07, 6.45) is -1.49. The number of phenolic OH excluding ortho intramolecular Hbond substituents is 1. The van der Waals surface area contributed by atoms with Crippen LogP contribution in [0.1, 0.15) is 78.7 Å². The minimum Gasteiger partial charge on any atom is -0.508 e. The van der Waals surface area contributed by atoms with Gasteiger partial charge in [-0.15, -0.1) is 0 Å². The number of hydrogen-bond donors (Lipinski definition) is 16. The molecule has 0 spiro atoms. The zero-order valence-corrected chi connectivity index (χ0v) is 41.7. The maximum Gasteiger partial charge on any atom is 0.326 e. The Hall–Kier alpha value is -8.60. The van der Waals surface area contributed by atoms with E-state index in [9.17, 15) is 72.5 Å². The van der Waals surface area contributed by atoms with Crippen molar-refractivity contribution in [2.24, 2.45) is 33.8 Å². The van der Waals surface area contributed by atoms with E-state index in [-0.39, 0.29) is 62.7 Å². The van der Waals surface area contributed by atoms with Gasteiger partial charge in [0.05, 0.1) is 26.1 Å². The zero-order valence-electron chi connectivity index (χ0n) is 41.7. The molecule has 30 nitrogen and oxygen atoms in total. The van der Waals surface area contributed by atoms with Crippen LogP contribution in [0.3, 0.4) is 0 Å². The van der Waals surface area contributed by atoms with Crippen LogP contribution in [0.5, 0.6) is 5.75 Å². The first kappa shape index (κ1) is 63.4. The second-order valence-corrected chi connectivity index (χ2v) is 17.3. The van der Waals surface area contributed by atoms with E-state index in [1.165, 1.54) is 45.0 Å². The molecule has 0 aliphatic carbocycles. The molecule has 0 aromatic heterocycles. The lowest BCUT2D eigenvalue weighted by Gasteiger charge is -2.25. The van der Waals surface area contributed by atoms with Gasteiger partial charge in [-0.2, -0.15) is 0 Å². The van der Waals surface area contributed by atoms with Crippen LogP contribution in [0.25, 0.3) is 0 Å². The topological polar surface area (TPSA) is 499 Å². The number of amides is 12. The lowest BCUT2D eigenvalue weighted by molar-refractivity contribution is -0.142. The fourth-order valence-corrected chi connectivity index (χ4v) is 6.39. The van der Waals surface area contributed by atoms with E-state index in [2.05, 4.69) is 58.2 Å². The SMILES string of the molecule is CC(=O)NCC(=O)N[C@@H](Cc1ccc(O)cc1)C(=O)N[C@@H](CCCN=C(N)N)C(=O)NCC(=O)N[C@@H](C)C(=O)NCC(=O)N[C@@H](CC(N)=O)C(=O)N[C@@H](CC(C)C)C(=O)N[C@@H](C)C(=O)N[C@@H](CCC(N)=O)C(=O)O. The number of aliphatic imine (C=N–C) groups is 1. The number of carbonyl (C=O) groups is 13. The molecule has 0 saturated heterocycles. The third-order valence-corrected chi connectivity index (χ3v) is 10.2. The summed E-state index contributed by atoms with van der Waals surface area (Å²) in [7, 11) is 0. The van der Waals surface area contributed by atoms with Gasteiger partial charge in [0.15, 0.2) is 5.96 Å². The van der Waals surface area contributed by atoms with Gasteiger partial charge in [0, 0.05) is 26.3 Å². The Kier molecular flexibility index (Phi) is 27.8. The predicted molar refractivity (Wildman–Crippen MR) is 261 cm³/mol. The normalized spacial score (nSPS) is 13.5. The van der Waals surface area contributed by atoms with Gasteiger partial charge in [-0.05, 0) is 63.1 Å². The number of carboxylic acid groups (broad SMARTS) is 1. The summed E-state index contributed by atoms with van der Waals surface area (Å²) >= 11 is 0. The van der Waals surface area contributed by atoms with Crippen molar-refractivity contribution in [1.29, 1.82) is 0 Å². The third-order valence-electron chi connectivity index (χ3n) is 10.2. The minimum atomic E-state index is -1.68. The maximum absolute atomic E-state index is 13.6.